The Morgan fingerprint density at radius 1 is 0.432 bits per heavy atom. The maximum absolute atomic E-state index is 5.84. The van der Waals surface area contributed by atoms with Gasteiger partial charge in [-0.3, -0.25) is 0 Å². The quantitative estimate of drug-likeness (QED) is 0.181. The Kier molecular flexibility index (Phi) is 8.41. The summed E-state index contributed by atoms with van der Waals surface area (Å²) < 4.78 is 23.0. The molecule has 192 valence electrons. The summed E-state index contributed by atoms with van der Waals surface area (Å²) in [5, 5.41) is 0. The maximum atomic E-state index is 5.84. The van der Waals surface area contributed by atoms with Crippen molar-refractivity contribution in [2.24, 2.45) is 0 Å². The van der Waals surface area contributed by atoms with Crippen molar-refractivity contribution in [1.82, 2.24) is 0 Å². The Hall–Kier alpha value is -4.32. The van der Waals surface area contributed by atoms with E-state index >= 15 is 0 Å². The molecule has 4 aromatic rings. The van der Waals surface area contributed by atoms with Gasteiger partial charge in [-0.1, -0.05) is 38.1 Å². The second-order valence-corrected chi connectivity index (χ2v) is 9.21. The molecule has 0 atom stereocenters. The van der Waals surface area contributed by atoms with Crippen LogP contribution in [0.1, 0.15) is 25.0 Å². The van der Waals surface area contributed by atoms with Crippen LogP contribution in [0.3, 0.4) is 0 Å². The molecule has 6 heteroatoms. The van der Waals surface area contributed by atoms with E-state index in [1.165, 1.54) is 11.1 Å². The molecule has 0 aliphatic heterocycles. The minimum absolute atomic E-state index is 0.173. The predicted octanol–water partition coefficient (Wildman–Crippen LogP) is 6.09. The van der Waals surface area contributed by atoms with Crippen LogP contribution < -0.4 is 30.4 Å². The first-order valence-corrected chi connectivity index (χ1v) is 12.3. The number of anilines is 2. The molecule has 0 heterocycles. The van der Waals surface area contributed by atoms with Crippen LogP contribution in [0.15, 0.2) is 97.1 Å². The molecule has 0 saturated carbocycles. The number of hydrogen-bond acceptors (Lipinski definition) is 6. The van der Waals surface area contributed by atoms with E-state index < -0.39 is 0 Å². The van der Waals surface area contributed by atoms with Gasteiger partial charge in [0.15, 0.2) is 0 Å². The van der Waals surface area contributed by atoms with Gasteiger partial charge in [-0.2, -0.15) is 0 Å². The average Bonchev–Trinajstić information content (AvgIpc) is 2.92. The number of nitrogens with two attached hydrogens (primary N) is 2. The van der Waals surface area contributed by atoms with E-state index in [0.717, 1.165) is 23.0 Å². The number of rotatable bonds is 12. The van der Waals surface area contributed by atoms with Crippen LogP contribution >= 0.6 is 0 Å². The third-order valence-corrected chi connectivity index (χ3v) is 6.15. The zero-order chi connectivity index (χ0) is 26.1. The van der Waals surface area contributed by atoms with Crippen molar-refractivity contribution < 1.29 is 18.9 Å². The van der Waals surface area contributed by atoms with Crippen LogP contribution in [0, 0.1) is 0 Å². The molecular formula is C31H34N2O4. The van der Waals surface area contributed by atoms with Crippen molar-refractivity contribution in [3.05, 3.63) is 108 Å². The molecule has 6 nitrogen and oxygen atoms in total. The van der Waals surface area contributed by atoms with Gasteiger partial charge in [0.05, 0.1) is 0 Å². The van der Waals surface area contributed by atoms with E-state index in [1.54, 1.807) is 0 Å². The highest BCUT2D eigenvalue weighted by Crippen LogP contribution is 2.33. The van der Waals surface area contributed by atoms with Gasteiger partial charge in [-0.25, -0.2) is 0 Å². The first kappa shape index (κ1) is 25.8. The molecule has 0 spiro atoms. The highest BCUT2D eigenvalue weighted by molar-refractivity contribution is 5.43. The Bertz CT molecular complexity index is 1140. The summed E-state index contributed by atoms with van der Waals surface area (Å²) in [5.74, 6) is 3.17. The second-order valence-electron chi connectivity index (χ2n) is 9.21. The van der Waals surface area contributed by atoms with Crippen LogP contribution in [0.4, 0.5) is 11.4 Å². The minimum atomic E-state index is -0.173. The molecule has 0 unspecified atom stereocenters. The molecule has 4 N–H and O–H groups in total. The lowest BCUT2D eigenvalue weighted by Crippen LogP contribution is -2.19. The minimum Gasteiger partial charge on any atom is -0.490 e. The average molecular weight is 499 g/mol. The third-order valence-electron chi connectivity index (χ3n) is 6.15. The first-order valence-electron chi connectivity index (χ1n) is 12.3. The third kappa shape index (κ3) is 7.34. The lowest BCUT2D eigenvalue weighted by Gasteiger charge is -2.26. The Morgan fingerprint density at radius 3 is 0.946 bits per heavy atom. The smallest absolute Gasteiger partial charge is 0.122 e. The van der Waals surface area contributed by atoms with E-state index in [9.17, 15) is 0 Å². The highest BCUT2D eigenvalue weighted by atomic mass is 16.5. The van der Waals surface area contributed by atoms with E-state index in [1.807, 2.05) is 72.8 Å². The van der Waals surface area contributed by atoms with Crippen LogP contribution in [-0.4, -0.2) is 26.4 Å². The molecule has 37 heavy (non-hydrogen) atoms. The Labute approximate surface area is 218 Å². The highest BCUT2D eigenvalue weighted by Gasteiger charge is 2.23. The topological polar surface area (TPSA) is 89.0 Å². The lowest BCUT2D eigenvalue weighted by atomic mass is 9.78. The molecule has 0 saturated heterocycles. The molecule has 0 aliphatic carbocycles. The van der Waals surface area contributed by atoms with Gasteiger partial charge in [-0.15, -0.1) is 0 Å². The molecular weight excluding hydrogens is 464 g/mol. The second kappa shape index (κ2) is 12.1. The number of hydrogen-bond donors (Lipinski definition) is 2. The van der Waals surface area contributed by atoms with Gasteiger partial charge in [0, 0.05) is 16.8 Å². The molecule has 0 radical (unpaired) electrons. The zero-order valence-corrected chi connectivity index (χ0v) is 21.4. The molecule has 0 fully saturated rings. The van der Waals surface area contributed by atoms with Crippen molar-refractivity contribution in [2.45, 2.75) is 19.3 Å². The van der Waals surface area contributed by atoms with Crippen molar-refractivity contribution in [3.63, 3.8) is 0 Å². The summed E-state index contributed by atoms with van der Waals surface area (Å²) >= 11 is 0. The van der Waals surface area contributed by atoms with E-state index in [0.29, 0.717) is 37.8 Å². The summed E-state index contributed by atoms with van der Waals surface area (Å²) in [6, 6.07) is 31.1. The van der Waals surface area contributed by atoms with Crippen molar-refractivity contribution in [2.75, 3.05) is 37.9 Å². The summed E-state index contributed by atoms with van der Waals surface area (Å²) in [7, 11) is 0. The van der Waals surface area contributed by atoms with Crippen molar-refractivity contribution in [1.29, 1.82) is 0 Å². The predicted molar refractivity (Wildman–Crippen MR) is 149 cm³/mol. The van der Waals surface area contributed by atoms with E-state index in [-0.39, 0.29) is 5.41 Å². The monoisotopic (exact) mass is 498 g/mol. The first-order chi connectivity index (χ1) is 17.9. The molecule has 0 bridgehead atoms. The summed E-state index contributed by atoms with van der Waals surface area (Å²) in [5.41, 5.74) is 15.0. The summed E-state index contributed by atoms with van der Waals surface area (Å²) in [4.78, 5) is 0. The van der Waals surface area contributed by atoms with Crippen LogP contribution in [0.2, 0.25) is 0 Å². The van der Waals surface area contributed by atoms with Crippen LogP contribution in [0.5, 0.6) is 23.0 Å². The van der Waals surface area contributed by atoms with Crippen molar-refractivity contribution >= 4 is 11.4 Å². The number of benzene rings is 4. The van der Waals surface area contributed by atoms with Gasteiger partial charge in [0.25, 0.3) is 0 Å². The standard InChI is InChI=1S/C31H34N2O4/c1-31(2,23-3-11-27(12-4-23)34-19-21-36-29-15-7-25(32)8-16-29)24-5-13-28(14-6-24)35-20-22-37-30-17-9-26(33)10-18-30/h3-18H,19-22,32-33H2,1-2H3. The summed E-state index contributed by atoms with van der Waals surface area (Å²) in [6.07, 6.45) is 0. The number of nitrogen functional groups attached to an aromatic ring is 2. The Morgan fingerprint density at radius 2 is 0.676 bits per heavy atom. The van der Waals surface area contributed by atoms with Gasteiger partial charge in [0.1, 0.15) is 49.4 Å². The number of ether oxygens (including phenoxy) is 4. The van der Waals surface area contributed by atoms with Gasteiger partial charge in [-0.05, 0) is 83.9 Å². The molecule has 4 rings (SSSR count). The molecule has 0 aliphatic rings. The Balaban J connectivity index is 1.23. The molecule has 0 amide bonds. The van der Waals surface area contributed by atoms with E-state index in [2.05, 4.69) is 38.1 Å². The SMILES string of the molecule is CC(C)(c1ccc(OCCOc2ccc(N)cc2)cc1)c1ccc(OCCOc2ccc(N)cc2)cc1. The fraction of sp³-hybridized carbons (Fsp3) is 0.226. The fourth-order valence-electron chi connectivity index (χ4n) is 3.87. The van der Waals surface area contributed by atoms with E-state index in [4.69, 9.17) is 30.4 Å². The van der Waals surface area contributed by atoms with Crippen LogP contribution in [0.25, 0.3) is 0 Å². The van der Waals surface area contributed by atoms with Crippen LogP contribution in [-0.2, 0) is 5.41 Å². The van der Waals surface area contributed by atoms with Gasteiger partial charge in [0.2, 0.25) is 0 Å². The molecule has 4 aromatic carbocycles. The fourth-order valence-corrected chi connectivity index (χ4v) is 3.87. The lowest BCUT2D eigenvalue weighted by molar-refractivity contribution is 0.217. The largest absolute Gasteiger partial charge is 0.490 e. The summed E-state index contributed by atoms with van der Waals surface area (Å²) in [6.45, 7) is 6.25. The molecule has 0 aromatic heterocycles. The zero-order valence-electron chi connectivity index (χ0n) is 21.4. The maximum Gasteiger partial charge on any atom is 0.122 e. The van der Waals surface area contributed by atoms with Crippen molar-refractivity contribution in [3.8, 4) is 23.0 Å². The normalized spacial score (nSPS) is 11.1. The van der Waals surface area contributed by atoms with Gasteiger partial charge >= 0.3 is 0 Å². The van der Waals surface area contributed by atoms with Gasteiger partial charge < -0.3 is 30.4 Å².